The predicted octanol–water partition coefficient (Wildman–Crippen LogP) is 3.77. The van der Waals surface area contributed by atoms with E-state index in [9.17, 15) is 17.6 Å². The Labute approximate surface area is 161 Å². The second-order valence-electron chi connectivity index (χ2n) is 7.55. The average Bonchev–Trinajstić information content (AvgIpc) is 2.94. The van der Waals surface area contributed by atoms with Crippen molar-refractivity contribution in [3.63, 3.8) is 0 Å². The van der Waals surface area contributed by atoms with Crippen LogP contribution in [-0.2, 0) is 20.0 Å². The highest BCUT2D eigenvalue weighted by Crippen LogP contribution is 2.61. The highest BCUT2D eigenvalue weighted by Gasteiger charge is 2.63. The molecule has 0 aliphatic heterocycles. The number of amides is 1. The number of rotatable bonds is 5. The van der Waals surface area contributed by atoms with Gasteiger partial charge >= 0.3 is 0 Å². The van der Waals surface area contributed by atoms with E-state index in [1.54, 1.807) is 24.3 Å². The van der Waals surface area contributed by atoms with Gasteiger partial charge in [-0.05, 0) is 36.0 Å². The van der Waals surface area contributed by atoms with Crippen molar-refractivity contribution in [2.75, 3.05) is 11.6 Å². The molecule has 1 N–H and O–H groups in total. The molecule has 0 saturated heterocycles. The van der Waals surface area contributed by atoms with E-state index in [-0.39, 0.29) is 21.9 Å². The van der Waals surface area contributed by atoms with Crippen molar-refractivity contribution in [3.05, 3.63) is 41.2 Å². The summed E-state index contributed by atoms with van der Waals surface area (Å²) in [6.07, 6.45) is 7.60. The molecule has 1 aromatic carbocycles. The van der Waals surface area contributed by atoms with Gasteiger partial charge in [0.15, 0.2) is 20.1 Å². The van der Waals surface area contributed by atoms with E-state index >= 15 is 0 Å². The van der Waals surface area contributed by atoms with Gasteiger partial charge in [0.05, 0.1) is 16.5 Å². The molecule has 2 saturated carbocycles. The second kappa shape index (κ2) is 6.67. The highest BCUT2D eigenvalue weighted by atomic mass is 32.2. The molecule has 0 unspecified atom stereocenters. The molecule has 8 heteroatoms. The van der Waals surface area contributed by atoms with Crippen LogP contribution in [-0.4, -0.2) is 25.6 Å². The second-order valence-corrected chi connectivity index (χ2v) is 10.5. The SMILES string of the molecule is CS(=O)(=O)c1ccc([C@@]2(C(=O)Nc3ncc(F)s3)C[C@H]2C2CCCC2)cc1. The monoisotopic (exact) mass is 408 g/mol. The summed E-state index contributed by atoms with van der Waals surface area (Å²) in [6.45, 7) is 0. The molecule has 1 aromatic heterocycles. The summed E-state index contributed by atoms with van der Waals surface area (Å²) < 4.78 is 36.7. The summed E-state index contributed by atoms with van der Waals surface area (Å²) in [6, 6.07) is 6.61. The number of thiazole rings is 1. The Morgan fingerprint density at radius 1 is 1.26 bits per heavy atom. The quantitative estimate of drug-likeness (QED) is 0.817. The van der Waals surface area contributed by atoms with Crippen molar-refractivity contribution < 1.29 is 17.6 Å². The molecule has 2 atom stereocenters. The first-order chi connectivity index (χ1) is 12.8. The molecule has 0 spiro atoms. The van der Waals surface area contributed by atoms with Gasteiger partial charge in [-0.2, -0.15) is 4.39 Å². The van der Waals surface area contributed by atoms with Gasteiger partial charge in [0.25, 0.3) is 0 Å². The van der Waals surface area contributed by atoms with E-state index in [1.165, 1.54) is 19.1 Å². The minimum Gasteiger partial charge on any atom is -0.301 e. The first kappa shape index (κ1) is 18.6. The topological polar surface area (TPSA) is 76.1 Å². The number of hydrogen-bond acceptors (Lipinski definition) is 5. The van der Waals surface area contributed by atoms with Gasteiger partial charge in [-0.25, -0.2) is 13.4 Å². The van der Waals surface area contributed by atoms with Crippen molar-refractivity contribution in [3.8, 4) is 0 Å². The van der Waals surface area contributed by atoms with E-state index in [2.05, 4.69) is 10.3 Å². The van der Waals surface area contributed by atoms with Crippen LogP contribution in [0.2, 0.25) is 0 Å². The average molecular weight is 409 g/mol. The number of nitrogens with one attached hydrogen (secondary N) is 1. The molecule has 144 valence electrons. The normalized spacial score (nSPS) is 25.5. The fourth-order valence-corrected chi connectivity index (χ4v) is 5.63. The maximum absolute atomic E-state index is 13.2. The highest BCUT2D eigenvalue weighted by molar-refractivity contribution is 7.90. The van der Waals surface area contributed by atoms with Crippen LogP contribution < -0.4 is 5.32 Å². The van der Waals surface area contributed by atoms with Gasteiger partial charge in [-0.1, -0.05) is 49.2 Å². The van der Waals surface area contributed by atoms with E-state index in [0.29, 0.717) is 5.92 Å². The maximum Gasteiger partial charge on any atom is 0.237 e. The smallest absolute Gasteiger partial charge is 0.237 e. The molecule has 2 aromatic rings. The molecule has 0 radical (unpaired) electrons. The first-order valence-corrected chi connectivity index (χ1v) is 11.7. The maximum atomic E-state index is 13.2. The largest absolute Gasteiger partial charge is 0.301 e. The number of sulfone groups is 1. The first-order valence-electron chi connectivity index (χ1n) is 9.04. The van der Waals surface area contributed by atoms with Gasteiger partial charge in [0.2, 0.25) is 5.91 Å². The molecular weight excluding hydrogens is 387 g/mol. The number of carbonyl (C=O) groups is 1. The number of carbonyl (C=O) groups excluding carboxylic acids is 1. The lowest BCUT2D eigenvalue weighted by Gasteiger charge is -2.20. The Morgan fingerprint density at radius 3 is 2.48 bits per heavy atom. The fourth-order valence-electron chi connectivity index (χ4n) is 4.46. The summed E-state index contributed by atoms with van der Waals surface area (Å²) in [5.74, 6) is 0.549. The Bertz CT molecular complexity index is 965. The van der Waals surface area contributed by atoms with Gasteiger partial charge in [0, 0.05) is 6.26 Å². The van der Waals surface area contributed by atoms with Crippen molar-refractivity contribution >= 4 is 32.2 Å². The summed E-state index contributed by atoms with van der Waals surface area (Å²) >= 11 is 0.805. The standard InChI is InChI=1S/C19H21FN2O3S2/c1-27(24,25)14-8-6-13(7-9-14)19(10-15(19)12-4-2-3-5-12)17(23)22-18-21-11-16(20)26-18/h6-9,11-12,15H,2-5,10H2,1H3,(H,21,22,23)/t15-,19-/m0/s1. The van der Waals surface area contributed by atoms with Crippen molar-refractivity contribution in [1.29, 1.82) is 0 Å². The van der Waals surface area contributed by atoms with E-state index in [0.717, 1.165) is 42.4 Å². The number of nitrogens with zero attached hydrogens (tertiary/aromatic N) is 1. The van der Waals surface area contributed by atoms with Crippen LogP contribution in [0.3, 0.4) is 0 Å². The third-order valence-corrected chi connectivity index (χ3v) is 7.71. The molecule has 1 amide bonds. The predicted molar refractivity (Wildman–Crippen MR) is 102 cm³/mol. The van der Waals surface area contributed by atoms with Crippen molar-refractivity contribution in [1.82, 2.24) is 4.98 Å². The molecule has 2 aliphatic carbocycles. The molecule has 4 rings (SSSR count). The zero-order valence-electron chi connectivity index (χ0n) is 14.9. The number of hydrogen-bond donors (Lipinski definition) is 1. The molecule has 2 fully saturated rings. The number of halogens is 1. The molecule has 1 heterocycles. The van der Waals surface area contributed by atoms with E-state index in [1.807, 2.05) is 0 Å². The lowest BCUT2D eigenvalue weighted by molar-refractivity contribution is -0.119. The van der Waals surface area contributed by atoms with Crippen LogP contribution in [0.5, 0.6) is 0 Å². The van der Waals surface area contributed by atoms with E-state index < -0.39 is 20.4 Å². The van der Waals surface area contributed by atoms with Crippen LogP contribution in [0, 0.1) is 17.0 Å². The minimum atomic E-state index is -3.29. The number of aromatic nitrogens is 1. The lowest BCUT2D eigenvalue weighted by atomic mass is 9.87. The molecule has 5 nitrogen and oxygen atoms in total. The van der Waals surface area contributed by atoms with E-state index in [4.69, 9.17) is 0 Å². The van der Waals surface area contributed by atoms with Crippen LogP contribution in [0.4, 0.5) is 9.52 Å². The Kier molecular flexibility index (Phi) is 4.58. The molecule has 27 heavy (non-hydrogen) atoms. The van der Waals surface area contributed by atoms with Crippen LogP contribution in [0.1, 0.15) is 37.7 Å². The van der Waals surface area contributed by atoms with Crippen LogP contribution in [0.25, 0.3) is 0 Å². The van der Waals surface area contributed by atoms with Crippen LogP contribution >= 0.6 is 11.3 Å². The van der Waals surface area contributed by atoms with Crippen molar-refractivity contribution in [2.45, 2.75) is 42.4 Å². The third kappa shape index (κ3) is 3.40. The zero-order valence-corrected chi connectivity index (χ0v) is 16.6. The summed E-state index contributed by atoms with van der Waals surface area (Å²) in [5.41, 5.74) is 0.133. The zero-order chi connectivity index (χ0) is 19.2. The van der Waals surface area contributed by atoms with Gasteiger partial charge < -0.3 is 5.32 Å². The third-order valence-electron chi connectivity index (χ3n) is 5.88. The summed E-state index contributed by atoms with van der Waals surface area (Å²) in [7, 11) is -3.29. The fraction of sp³-hybridized carbons (Fsp3) is 0.474. The minimum absolute atomic E-state index is 0.180. The summed E-state index contributed by atoms with van der Waals surface area (Å²) in [4.78, 5) is 17.3. The van der Waals surface area contributed by atoms with Gasteiger partial charge in [-0.15, -0.1) is 0 Å². The van der Waals surface area contributed by atoms with Gasteiger partial charge in [0.1, 0.15) is 0 Å². The molecule has 2 aliphatic rings. The summed E-state index contributed by atoms with van der Waals surface area (Å²) in [5, 5.41) is 2.58. The van der Waals surface area contributed by atoms with Crippen molar-refractivity contribution in [2.24, 2.45) is 11.8 Å². The Balaban J connectivity index is 1.66. The molecule has 0 bridgehead atoms. The van der Waals surface area contributed by atoms with Gasteiger partial charge in [-0.3, -0.25) is 4.79 Å². The number of benzene rings is 1. The lowest BCUT2D eigenvalue weighted by Crippen LogP contribution is -2.31. The molecular formula is C19H21FN2O3S2. The van der Waals surface area contributed by atoms with Crippen LogP contribution in [0.15, 0.2) is 35.4 Å². The Morgan fingerprint density at radius 2 is 1.93 bits per heavy atom. The Hall–Kier alpha value is -1.80. The number of anilines is 1.